The quantitative estimate of drug-likeness (QED) is 0.816. The predicted molar refractivity (Wildman–Crippen MR) is 70.0 cm³/mol. The van der Waals surface area contributed by atoms with E-state index in [-0.39, 0.29) is 5.95 Å². The summed E-state index contributed by atoms with van der Waals surface area (Å²) >= 11 is 7.73. The Morgan fingerprint density at radius 1 is 1.50 bits per heavy atom. The van der Waals surface area contributed by atoms with Gasteiger partial charge in [-0.2, -0.15) is 16.7 Å². The largest absolute Gasteiger partial charge is 0.368 e. The Morgan fingerprint density at radius 2 is 2.31 bits per heavy atom. The molecule has 0 saturated heterocycles. The highest BCUT2D eigenvalue weighted by Crippen LogP contribution is 2.30. The molecule has 1 saturated carbocycles. The summed E-state index contributed by atoms with van der Waals surface area (Å²) in [6.07, 6.45) is 5.84. The van der Waals surface area contributed by atoms with Crippen LogP contribution in [0.15, 0.2) is 6.07 Å². The van der Waals surface area contributed by atoms with E-state index in [1.165, 1.54) is 19.3 Å². The summed E-state index contributed by atoms with van der Waals surface area (Å²) in [5, 5.41) is 4.42. The Balaban J connectivity index is 2.08. The second-order valence-electron chi connectivity index (χ2n) is 3.89. The number of hydrogen-bond donors (Lipinski definition) is 2. The summed E-state index contributed by atoms with van der Waals surface area (Å²) in [4.78, 5) is 7.96. The van der Waals surface area contributed by atoms with Gasteiger partial charge in [-0.15, -0.1) is 0 Å². The number of nitrogens with one attached hydrogen (secondary N) is 1. The van der Waals surface area contributed by atoms with E-state index in [1.807, 2.05) is 11.8 Å². The first-order valence-corrected chi connectivity index (χ1v) is 6.95. The second-order valence-corrected chi connectivity index (χ2v) is 5.35. The van der Waals surface area contributed by atoms with E-state index in [1.54, 1.807) is 6.07 Å². The summed E-state index contributed by atoms with van der Waals surface area (Å²) < 4.78 is 0. The van der Waals surface area contributed by atoms with Crippen LogP contribution in [-0.2, 0) is 0 Å². The minimum absolute atomic E-state index is 0.216. The molecule has 1 heterocycles. The lowest BCUT2D eigenvalue weighted by Gasteiger charge is -2.19. The fourth-order valence-electron chi connectivity index (χ4n) is 2.07. The minimum atomic E-state index is 0.216. The molecule has 0 aromatic carbocycles. The van der Waals surface area contributed by atoms with Crippen LogP contribution in [0, 0.1) is 0 Å². The van der Waals surface area contributed by atoms with Gasteiger partial charge in [0.25, 0.3) is 0 Å². The van der Waals surface area contributed by atoms with Gasteiger partial charge in [0, 0.05) is 17.4 Å². The maximum Gasteiger partial charge on any atom is 0.223 e. The van der Waals surface area contributed by atoms with Crippen molar-refractivity contribution in [2.24, 2.45) is 0 Å². The number of nitrogen functional groups attached to an aromatic ring is 1. The Morgan fingerprint density at radius 3 is 3.00 bits per heavy atom. The monoisotopic (exact) mass is 258 g/mol. The average molecular weight is 259 g/mol. The smallest absolute Gasteiger partial charge is 0.223 e. The molecule has 1 fully saturated rings. The molecule has 1 aliphatic rings. The highest BCUT2D eigenvalue weighted by Gasteiger charge is 2.26. The van der Waals surface area contributed by atoms with Gasteiger partial charge in [0.2, 0.25) is 5.95 Å². The molecule has 0 aliphatic heterocycles. The van der Waals surface area contributed by atoms with E-state index < -0.39 is 0 Å². The van der Waals surface area contributed by atoms with Crippen LogP contribution >= 0.6 is 23.4 Å². The first-order valence-electron chi connectivity index (χ1n) is 5.28. The van der Waals surface area contributed by atoms with Crippen molar-refractivity contribution in [3.8, 4) is 0 Å². The number of nitrogens with two attached hydrogens (primary N) is 1. The fourth-order valence-corrected chi connectivity index (χ4v) is 3.20. The third kappa shape index (κ3) is 2.71. The molecule has 16 heavy (non-hydrogen) atoms. The van der Waals surface area contributed by atoms with Gasteiger partial charge < -0.3 is 11.1 Å². The average Bonchev–Trinajstić information content (AvgIpc) is 2.63. The van der Waals surface area contributed by atoms with Crippen LogP contribution in [-0.4, -0.2) is 27.5 Å². The van der Waals surface area contributed by atoms with Crippen molar-refractivity contribution in [1.29, 1.82) is 0 Å². The molecule has 2 rings (SSSR count). The highest BCUT2D eigenvalue weighted by molar-refractivity contribution is 7.99. The minimum Gasteiger partial charge on any atom is -0.368 e. The van der Waals surface area contributed by atoms with Crippen molar-refractivity contribution in [2.75, 3.05) is 17.3 Å². The molecule has 1 aromatic heterocycles. The first kappa shape index (κ1) is 11.8. The molecule has 3 N–H and O–H groups in total. The van der Waals surface area contributed by atoms with E-state index in [0.717, 1.165) is 5.82 Å². The zero-order chi connectivity index (χ0) is 11.5. The van der Waals surface area contributed by atoms with Crippen molar-refractivity contribution < 1.29 is 0 Å². The number of thioether (sulfide) groups is 1. The highest BCUT2D eigenvalue weighted by atomic mass is 35.5. The van der Waals surface area contributed by atoms with Gasteiger partial charge in [-0.05, 0) is 19.1 Å². The lowest BCUT2D eigenvalue weighted by Crippen LogP contribution is -2.26. The maximum absolute atomic E-state index is 5.83. The summed E-state index contributed by atoms with van der Waals surface area (Å²) in [5.41, 5.74) is 5.55. The van der Waals surface area contributed by atoms with Crippen LogP contribution in [0.4, 0.5) is 11.8 Å². The van der Waals surface area contributed by atoms with Crippen molar-refractivity contribution >= 4 is 35.1 Å². The molecular formula is C10H15ClN4S. The van der Waals surface area contributed by atoms with Gasteiger partial charge in [0.15, 0.2) is 0 Å². The van der Waals surface area contributed by atoms with E-state index in [4.69, 9.17) is 17.3 Å². The van der Waals surface area contributed by atoms with Gasteiger partial charge in [-0.1, -0.05) is 18.0 Å². The fraction of sp³-hybridized carbons (Fsp3) is 0.600. The van der Waals surface area contributed by atoms with Gasteiger partial charge in [0.05, 0.1) is 0 Å². The van der Waals surface area contributed by atoms with Crippen LogP contribution in [0.25, 0.3) is 0 Å². The molecule has 0 amide bonds. The van der Waals surface area contributed by atoms with Crippen molar-refractivity contribution in [1.82, 2.24) is 9.97 Å². The maximum atomic E-state index is 5.83. The Bertz CT molecular complexity index is 354. The van der Waals surface area contributed by atoms with Crippen LogP contribution in [0.1, 0.15) is 19.3 Å². The molecule has 6 heteroatoms. The molecule has 4 nitrogen and oxygen atoms in total. The third-order valence-corrected chi connectivity index (χ3v) is 4.16. The van der Waals surface area contributed by atoms with Crippen molar-refractivity contribution in [3.63, 3.8) is 0 Å². The Kier molecular flexibility index (Phi) is 3.76. The summed E-state index contributed by atoms with van der Waals surface area (Å²) in [6.45, 7) is 0. The molecule has 1 aliphatic carbocycles. The second kappa shape index (κ2) is 5.10. The summed E-state index contributed by atoms with van der Waals surface area (Å²) in [6, 6.07) is 2.17. The van der Waals surface area contributed by atoms with Crippen LogP contribution in [0.3, 0.4) is 0 Å². The molecule has 0 spiro atoms. The molecule has 2 unspecified atom stereocenters. The van der Waals surface area contributed by atoms with Gasteiger partial charge in [-0.25, -0.2) is 4.98 Å². The van der Waals surface area contributed by atoms with E-state index in [0.29, 0.717) is 16.4 Å². The number of nitrogens with zero attached hydrogens (tertiary/aromatic N) is 2. The van der Waals surface area contributed by atoms with Crippen molar-refractivity contribution in [3.05, 3.63) is 11.2 Å². The van der Waals surface area contributed by atoms with E-state index >= 15 is 0 Å². The van der Waals surface area contributed by atoms with Crippen LogP contribution in [0.2, 0.25) is 5.15 Å². The predicted octanol–water partition coefficient (Wildman–Crippen LogP) is 2.41. The normalized spacial score (nSPS) is 24.6. The lowest BCUT2D eigenvalue weighted by atomic mass is 10.2. The first-order chi connectivity index (χ1) is 7.69. The standard InChI is InChI=1S/C10H15ClN4S/c1-16-7-4-2-3-6(7)13-9-5-8(11)14-10(12)15-9/h5-7H,2-4H2,1H3,(H3,12,13,14,15). The SMILES string of the molecule is CSC1CCCC1Nc1cc(Cl)nc(N)n1. The number of rotatable bonds is 3. The number of anilines is 2. The van der Waals surface area contributed by atoms with Crippen molar-refractivity contribution in [2.45, 2.75) is 30.6 Å². The van der Waals surface area contributed by atoms with E-state index in [9.17, 15) is 0 Å². The third-order valence-electron chi connectivity index (χ3n) is 2.80. The zero-order valence-corrected chi connectivity index (χ0v) is 10.7. The molecule has 2 atom stereocenters. The number of halogens is 1. The van der Waals surface area contributed by atoms with Gasteiger partial charge >= 0.3 is 0 Å². The Hall–Kier alpha value is -0.680. The topological polar surface area (TPSA) is 63.8 Å². The van der Waals surface area contributed by atoms with Crippen LogP contribution in [0.5, 0.6) is 0 Å². The van der Waals surface area contributed by atoms with Crippen LogP contribution < -0.4 is 11.1 Å². The summed E-state index contributed by atoms with van der Waals surface area (Å²) in [7, 11) is 0. The molecular weight excluding hydrogens is 244 g/mol. The van der Waals surface area contributed by atoms with E-state index in [2.05, 4.69) is 21.5 Å². The molecule has 1 aromatic rings. The Labute approximate surface area is 104 Å². The summed E-state index contributed by atoms with van der Waals surface area (Å²) in [5.74, 6) is 0.942. The molecule has 0 bridgehead atoms. The number of aromatic nitrogens is 2. The van der Waals surface area contributed by atoms with Gasteiger partial charge in [0.1, 0.15) is 11.0 Å². The number of hydrogen-bond acceptors (Lipinski definition) is 5. The molecule has 88 valence electrons. The zero-order valence-electron chi connectivity index (χ0n) is 9.11. The van der Waals surface area contributed by atoms with Gasteiger partial charge in [-0.3, -0.25) is 0 Å². The molecule has 0 radical (unpaired) electrons. The lowest BCUT2D eigenvalue weighted by molar-refractivity contribution is 0.763.